The van der Waals surface area contributed by atoms with Crippen LogP contribution in [-0.4, -0.2) is 9.97 Å². The SMILES string of the molecule is Cc1nc(-c2ccccc2)c2c(ccc3ccccc32)n1. The lowest BCUT2D eigenvalue weighted by atomic mass is 10.00. The van der Waals surface area contributed by atoms with Crippen molar-refractivity contribution < 1.29 is 0 Å². The first kappa shape index (κ1) is 12.0. The maximum Gasteiger partial charge on any atom is 0.126 e. The zero-order valence-electron chi connectivity index (χ0n) is 11.7. The van der Waals surface area contributed by atoms with Crippen molar-refractivity contribution >= 4 is 21.7 Å². The lowest BCUT2D eigenvalue weighted by Crippen LogP contribution is -1.94. The molecule has 0 amide bonds. The molecule has 0 aliphatic heterocycles. The van der Waals surface area contributed by atoms with Crippen LogP contribution < -0.4 is 0 Å². The Morgan fingerprint density at radius 2 is 1.48 bits per heavy atom. The number of nitrogens with zero attached hydrogens (tertiary/aromatic N) is 2. The second-order valence-corrected chi connectivity index (χ2v) is 5.17. The molecular weight excluding hydrogens is 256 g/mol. The van der Waals surface area contributed by atoms with E-state index in [2.05, 4.69) is 53.5 Å². The molecule has 0 saturated heterocycles. The summed E-state index contributed by atoms with van der Waals surface area (Å²) in [6.07, 6.45) is 0. The summed E-state index contributed by atoms with van der Waals surface area (Å²) in [4.78, 5) is 9.31. The van der Waals surface area contributed by atoms with Crippen molar-refractivity contribution in [1.82, 2.24) is 9.97 Å². The first-order valence-corrected chi connectivity index (χ1v) is 7.04. The molecule has 0 spiro atoms. The summed E-state index contributed by atoms with van der Waals surface area (Å²) in [5, 5.41) is 3.55. The van der Waals surface area contributed by atoms with Crippen LogP contribution in [0.1, 0.15) is 5.82 Å². The summed E-state index contributed by atoms with van der Waals surface area (Å²) < 4.78 is 0. The Bertz CT molecular complexity index is 943. The molecule has 0 aliphatic rings. The van der Waals surface area contributed by atoms with E-state index in [4.69, 9.17) is 4.98 Å². The highest BCUT2D eigenvalue weighted by Gasteiger charge is 2.11. The fourth-order valence-corrected chi connectivity index (χ4v) is 2.82. The van der Waals surface area contributed by atoms with Crippen LogP contribution in [0.25, 0.3) is 32.9 Å². The third-order valence-electron chi connectivity index (χ3n) is 3.75. The van der Waals surface area contributed by atoms with Crippen LogP contribution in [0.15, 0.2) is 66.7 Å². The van der Waals surface area contributed by atoms with Crippen molar-refractivity contribution in [1.29, 1.82) is 0 Å². The average molecular weight is 270 g/mol. The summed E-state index contributed by atoms with van der Waals surface area (Å²) in [6, 6.07) is 22.9. The number of hydrogen-bond donors (Lipinski definition) is 0. The molecule has 0 bridgehead atoms. The monoisotopic (exact) mass is 270 g/mol. The quantitative estimate of drug-likeness (QED) is 0.466. The standard InChI is InChI=1S/C19H14N2/c1-13-20-17-12-11-14-7-5-6-10-16(14)18(17)19(21-13)15-8-3-2-4-9-15/h2-12H,1H3. The number of rotatable bonds is 1. The predicted octanol–water partition coefficient (Wildman–Crippen LogP) is 4.76. The van der Waals surface area contributed by atoms with Crippen molar-refractivity contribution in [2.75, 3.05) is 0 Å². The average Bonchev–Trinajstić information content (AvgIpc) is 2.54. The van der Waals surface area contributed by atoms with Gasteiger partial charge in [-0.3, -0.25) is 0 Å². The minimum Gasteiger partial charge on any atom is -0.233 e. The van der Waals surface area contributed by atoms with Gasteiger partial charge in [-0.15, -0.1) is 0 Å². The Morgan fingerprint density at radius 3 is 2.33 bits per heavy atom. The molecule has 1 aromatic heterocycles. The molecule has 100 valence electrons. The lowest BCUT2D eigenvalue weighted by molar-refractivity contribution is 1.10. The maximum atomic E-state index is 4.71. The zero-order valence-corrected chi connectivity index (χ0v) is 11.7. The van der Waals surface area contributed by atoms with Crippen LogP contribution >= 0.6 is 0 Å². The van der Waals surface area contributed by atoms with E-state index in [1.54, 1.807) is 0 Å². The van der Waals surface area contributed by atoms with E-state index in [0.717, 1.165) is 28.0 Å². The van der Waals surface area contributed by atoms with E-state index in [0.29, 0.717) is 0 Å². The van der Waals surface area contributed by atoms with E-state index in [1.165, 1.54) is 10.8 Å². The molecule has 0 unspecified atom stereocenters. The molecule has 1 heterocycles. The molecule has 0 fully saturated rings. The highest BCUT2D eigenvalue weighted by atomic mass is 14.9. The van der Waals surface area contributed by atoms with Gasteiger partial charge in [-0.25, -0.2) is 9.97 Å². The molecule has 4 rings (SSSR count). The lowest BCUT2D eigenvalue weighted by Gasteiger charge is -2.10. The normalized spacial score (nSPS) is 11.1. The first-order valence-electron chi connectivity index (χ1n) is 7.04. The highest BCUT2D eigenvalue weighted by molar-refractivity contribution is 6.12. The largest absolute Gasteiger partial charge is 0.233 e. The number of fused-ring (bicyclic) bond motifs is 3. The highest BCUT2D eigenvalue weighted by Crippen LogP contribution is 2.32. The van der Waals surface area contributed by atoms with E-state index in [-0.39, 0.29) is 0 Å². The van der Waals surface area contributed by atoms with E-state index < -0.39 is 0 Å². The van der Waals surface area contributed by atoms with Gasteiger partial charge in [0.05, 0.1) is 11.2 Å². The van der Waals surface area contributed by atoms with Crippen molar-refractivity contribution in [2.45, 2.75) is 6.92 Å². The van der Waals surface area contributed by atoms with Gasteiger partial charge in [-0.1, -0.05) is 60.7 Å². The second-order valence-electron chi connectivity index (χ2n) is 5.17. The molecule has 0 N–H and O–H groups in total. The number of benzene rings is 3. The first-order chi connectivity index (χ1) is 10.3. The Hall–Kier alpha value is -2.74. The number of aryl methyl sites for hydroxylation is 1. The van der Waals surface area contributed by atoms with Gasteiger partial charge in [0, 0.05) is 10.9 Å². The molecule has 4 aromatic rings. The minimum absolute atomic E-state index is 0.802. The minimum atomic E-state index is 0.802. The maximum absolute atomic E-state index is 4.71. The van der Waals surface area contributed by atoms with Gasteiger partial charge in [-0.2, -0.15) is 0 Å². The fraction of sp³-hybridized carbons (Fsp3) is 0.0526. The molecule has 2 heteroatoms. The molecule has 0 saturated carbocycles. The van der Waals surface area contributed by atoms with Gasteiger partial charge in [0.15, 0.2) is 0 Å². The molecule has 3 aromatic carbocycles. The summed E-state index contributed by atoms with van der Waals surface area (Å²) in [6.45, 7) is 1.95. The third kappa shape index (κ3) is 1.96. The molecule has 21 heavy (non-hydrogen) atoms. The fourth-order valence-electron chi connectivity index (χ4n) is 2.82. The van der Waals surface area contributed by atoms with Crippen LogP contribution in [0, 0.1) is 6.92 Å². The van der Waals surface area contributed by atoms with Crippen molar-refractivity contribution in [2.24, 2.45) is 0 Å². The Labute approximate surface area is 123 Å². The van der Waals surface area contributed by atoms with Crippen molar-refractivity contribution in [3.63, 3.8) is 0 Å². The summed E-state index contributed by atoms with van der Waals surface area (Å²) in [5.74, 6) is 0.802. The van der Waals surface area contributed by atoms with Crippen LogP contribution in [0.3, 0.4) is 0 Å². The van der Waals surface area contributed by atoms with Crippen LogP contribution in [0.5, 0.6) is 0 Å². The Balaban J connectivity index is 2.21. The second kappa shape index (κ2) is 4.67. The summed E-state index contributed by atoms with van der Waals surface area (Å²) in [7, 11) is 0. The third-order valence-corrected chi connectivity index (χ3v) is 3.75. The molecule has 0 aliphatic carbocycles. The van der Waals surface area contributed by atoms with Gasteiger partial charge in [0.25, 0.3) is 0 Å². The van der Waals surface area contributed by atoms with Crippen LogP contribution in [0.4, 0.5) is 0 Å². The van der Waals surface area contributed by atoms with E-state index in [1.807, 2.05) is 25.1 Å². The number of aromatic nitrogens is 2. The molecule has 2 nitrogen and oxygen atoms in total. The Kier molecular flexibility index (Phi) is 2.68. The van der Waals surface area contributed by atoms with Crippen LogP contribution in [0.2, 0.25) is 0 Å². The van der Waals surface area contributed by atoms with Crippen LogP contribution in [-0.2, 0) is 0 Å². The summed E-state index contributed by atoms with van der Waals surface area (Å²) >= 11 is 0. The predicted molar refractivity (Wildman–Crippen MR) is 87.2 cm³/mol. The zero-order chi connectivity index (χ0) is 14.2. The number of hydrogen-bond acceptors (Lipinski definition) is 2. The molecular formula is C19H14N2. The van der Waals surface area contributed by atoms with E-state index in [9.17, 15) is 0 Å². The van der Waals surface area contributed by atoms with Gasteiger partial charge in [0.1, 0.15) is 5.82 Å². The van der Waals surface area contributed by atoms with Gasteiger partial charge in [-0.05, 0) is 23.8 Å². The van der Waals surface area contributed by atoms with E-state index >= 15 is 0 Å². The Morgan fingerprint density at radius 1 is 0.714 bits per heavy atom. The van der Waals surface area contributed by atoms with Gasteiger partial charge in [0.2, 0.25) is 0 Å². The molecule has 0 atom stereocenters. The van der Waals surface area contributed by atoms with Gasteiger partial charge >= 0.3 is 0 Å². The smallest absolute Gasteiger partial charge is 0.126 e. The molecule has 0 radical (unpaired) electrons. The van der Waals surface area contributed by atoms with Gasteiger partial charge < -0.3 is 0 Å². The summed E-state index contributed by atoms with van der Waals surface area (Å²) in [5.41, 5.74) is 3.14. The van der Waals surface area contributed by atoms with Crippen molar-refractivity contribution in [3.05, 3.63) is 72.6 Å². The topological polar surface area (TPSA) is 25.8 Å². The van der Waals surface area contributed by atoms with Crippen molar-refractivity contribution in [3.8, 4) is 11.3 Å².